The molecule has 1 aliphatic carbocycles. The number of rotatable bonds is 4. The van der Waals surface area contributed by atoms with E-state index in [4.69, 9.17) is 16.3 Å². The molecule has 31 heavy (non-hydrogen) atoms. The van der Waals surface area contributed by atoms with E-state index in [0.717, 1.165) is 5.56 Å². The molecule has 0 saturated heterocycles. The number of benzene rings is 2. The number of anilines is 1. The van der Waals surface area contributed by atoms with Gasteiger partial charge in [0.15, 0.2) is 5.78 Å². The number of allylic oxidation sites excluding steroid dienone is 1. The van der Waals surface area contributed by atoms with E-state index in [1.807, 2.05) is 18.2 Å². The first-order chi connectivity index (χ1) is 15.0. The second-order valence-electron chi connectivity index (χ2n) is 7.44. The molecule has 5 rings (SSSR count). The van der Waals surface area contributed by atoms with E-state index >= 15 is 0 Å². The third-order valence-corrected chi connectivity index (χ3v) is 5.95. The fourth-order valence-electron chi connectivity index (χ4n) is 4.38. The molecule has 0 radical (unpaired) electrons. The van der Waals surface area contributed by atoms with Gasteiger partial charge in [-0.1, -0.05) is 48.0 Å². The van der Waals surface area contributed by atoms with Crippen LogP contribution in [0.25, 0.3) is 5.70 Å². The van der Waals surface area contributed by atoms with Gasteiger partial charge >= 0.3 is 5.69 Å². The molecule has 0 unspecified atom stereocenters. The maximum Gasteiger partial charge on any atom is 0.330 e. The van der Waals surface area contributed by atoms with Crippen molar-refractivity contribution in [2.45, 2.75) is 12.5 Å². The topological polar surface area (TPSA) is 93.2 Å². The zero-order chi connectivity index (χ0) is 21.7. The van der Waals surface area contributed by atoms with Gasteiger partial charge in [-0.15, -0.1) is 0 Å². The Morgan fingerprint density at radius 3 is 2.58 bits per heavy atom. The van der Waals surface area contributed by atoms with Crippen LogP contribution in [0.2, 0.25) is 5.02 Å². The lowest BCUT2D eigenvalue weighted by atomic mass is 9.81. The minimum absolute atomic E-state index is 0.150. The summed E-state index contributed by atoms with van der Waals surface area (Å²) in [6.45, 7) is 0.519. The van der Waals surface area contributed by atoms with Crippen molar-refractivity contribution in [3.8, 4) is 0 Å². The van der Waals surface area contributed by atoms with E-state index < -0.39 is 17.2 Å². The van der Waals surface area contributed by atoms with E-state index in [-0.39, 0.29) is 18.9 Å². The number of Topliss-reactive ketones (excluding diaryl/α,β-unsaturated/α-hetero) is 1. The molecule has 8 heteroatoms. The first-order valence-electron chi connectivity index (χ1n) is 9.78. The summed E-state index contributed by atoms with van der Waals surface area (Å²) >= 11 is 6.25. The predicted molar refractivity (Wildman–Crippen MR) is 118 cm³/mol. The summed E-state index contributed by atoms with van der Waals surface area (Å²) in [5, 5.41) is 3.72. The Hall–Kier alpha value is -3.42. The number of methoxy groups -OCH3 is 1. The zero-order valence-electron chi connectivity index (χ0n) is 16.6. The van der Waals surface area contributed by atoms with E-state index in [1.54, 1.807) is 30.3 Å². The molecule has 7 nitrogen and oxygen atoms in total. The van der Waals surface area contributed by atoms with Crippen molar-refractivity contribution >= 4 is 28.9 Å². The Bertz CT molecular complexity index is 1390. The van der Waals surface area contributed by atoms with Crippen LogP contribution in [0.4, 0.5) is 5.82 Å². The van der Waals surface area contributed by atoms with E-state index in [0.29, 0.717) is 38.8 Å². The number of carbonyl (C=O) groups is 1. The number of aromatic nitrogens is 2. The van der Waals surface area contributed by atoms with E-state index in [2.05, 4.69) is 10.3 Å². The molecule has 1 atom stereocenters. The lowest BCUT2D eigenvalue weighted by Gasteiger charge is -2.29. The molecular weight excluding hydrogens is 418 g/mol. The molecule has 0 bridgehead atoms. The molecule has 156 valence electrons. The predicted octanol–water partition coefficient (Wildman–Crippen LogP) is 3.00. The van der Waals surface area contributed by atoms with Crippen molar-refractivity contribution in [2.24, 2.45) is 0 Å². The summed E-state index contributed by atoms with van der Waals surface area (Å²) < 4.78 is 6.58. The second kappa shape index (κ2) is 7.37. The number of carbonyl (C=O) groups excluding carboxylic acids is 1. The van der Waals surface area contributed by atoms with Gasteiger partial charge in [-0.05, 0) is 17.7 Å². The van der Waals surface area contributed by atoms with Gasteiger partial charge in [-0.2, -0.15) is 0 Å². The molecule has 2 aliphatic rings. The quantitative estimate of drug-likeness (QED) is 0.657. The number of fused-ring (bicyclic) bond motifs is 3. The molecule has 2 N–H and O–H groups in total. The lowest BCUT2D eigenvalue weighted by Crippen LogP contribution is -2.38. The van der Waals surface area contributed by atoms with Crippen LogP contribution in [0.5, 0.6) is 0 Å². The second-order valence-corrected chi connectivity index (χ2v) is 7.88. The maximum atomic E-state index is 13.4. The largest absolute Gasteiger partial charge is 0.383 e. The van der Waals surface area contributed by atoms with Crippen molar-refractivity contribution in [3.05, 3.63) is 102 Å². The fraction of sp³-hybridized carbons (Fsp3) is 0.174. The van der Waals surface area contributed by atoms with Gasteiger partial charge in [0.25, 0.3) is 5.56 Å². The molecule has 0 fully saturated rings. The normalized spacial score (nSPS) is 16.6. The highest BCUT2D eigenvalue weighted by Crippen LogP contribution is 2.48. The van der Waals surface area contributed by atoms with E-state index in [9.17, 15) is 14.4 Å². The molecule has 2 heterocycles. The molecule has 0 saturated carbocycles. The number of H-pyrrole nitrogens is 1. The lowest BCUT2D eigenvalue weighted by molar-refractivity contribution is 0.103. The summed E-state index contributed by atoms with van der Waals surface area (Å²) in [5.41, 5.74) is 2.30. The van der Waals surface area contributed by atoms with Gasteiger partial charge in [-0.3, -0.25) is 19.1 Å². The standard InChI is InChI=1S/C23H18ClN3O4/c1-31-10-9-27-21-18(22(29)26-23(27)30)16(12-5-4-6-13(24)11-12)17-19(25-21)14-7-2-3-8-15(14)20(17)28/h2-8,11,16,25H,9-10H2,1H3,(H,26,29,30)/t16-/m1/s1. The zero-order valence-corrected chi connectivity index (χ0v) is 17.3. The number of aromatic amines is 1. The van der Waals surface area contributed by atoms with Crippen LogP contribution in [-0.4, -0.2) is 29.1 Å². The highest BCUT2D eigenvalue weighted by atomic mass is 35.5. The maximum absolute atomic E-state index is 13.4. The summed E-state index contributed by atoms with van der Waals surface area (Å²) in [5.74, 6) is -0.468. The summed E-state index contributed by atoms with van der Waals surface area (Å²) in [4.78, 5) is 41.5. The van der Waals surface area contributed by atoms with Crippen LogP contribution < -0.4 is 16.6 Å². The number of nitrogens with one attached hydrogen (secondary N) is 2. The Balaban J connectivity index is 1.84. The summed E-state index contributed by atoms with van der Waals surface area (Å²) in [6.07, 6.45) is 0. The van der Waals surface area contributed by atoms with Crippen LogP contribution in [-0.2, 0) is 11.3 Å². The monoisotopic (exact) mass is 435 g/mol. The minimum atomic E-state index is -0.678. The van der Waals surface area contributed by atoms with Crippen LogP contribution in [0, 0.1) is 0 Å². The van der Waals surface area contributed by atoms with Crippen LogP contribution >= 0.6 is 11.6 Å². The molecule has 1 aromatic heterocycles. The van der Waals surface area contributed by atoms with Crippen molar-refractivity contribution in [2.75, 3.05) is 19.0 Å². The fourth-order valence-corrected chi connectivity index (χ4v) is 4.58. The molecule has 3 aromatic rings. The van der Waals surface area contributed by atoms with Crippen LogP contribution in [0.1, 0.15) is 33.0 Å². The van der Waals surface area contributed by atoms with Gasteiger partial charge < -0.3 is 10.1 Å². The Morgan fingerprint density at radius 1 is 1.06 bits per heavy atom. The van der Waals surface area contributed by atoms with Crippen molar-refractivity contribution < 1.29 is 9.53 Å². The smallest absolute Gasteiger partial charge is 0.330 e. The van der Waals surface area contributed by atoms with Gasteiger partial charge in [0.1, 0.15) is 5.82 Å². The Labute approximate surface area is 181 Å². The SMILES string of the molecule is COCCn1c2c(c(=O)[nH]c1=O)[C@H](c1cccc(Cl)c1)C1=C(N2)c2ccccc2C1=O. The Morgan fingerprint density at radius 2 is 1.84 bits per heavy atom. The van der Waals surface area contributed by atoms with Gasteiger partial charge in [0.05, 0.1) is 24.4 Å². The average molecular weight is 436 g/mol. The van der Waals surface area contributed by atoms with Crippen molar-refractivity contribution in [1.82, 2.24) is 9.55 Å². The third-order valence-electron chi connectivity index (χ3n) is 5.71. The third kappa shape index (κ3) is 2.97. The summed E-state index contributed by atoms with van der Waals surface area (Å²) in [7, 11) is 1.54. The number of ketones is 1. The average Bonchev–Trinajstić information content (AvgIpc) is 3.04. The summed E-state index contributed by atoms with van der Waals surface area (Å²) in [6, 6.07) is 14.4. The highest BCUT2D eigenvalue weighted by molar-refractivity contribution is 6.30. The number of ether oxygens (including phenoxy) is 1. The van der Waals surface area contributed by atoms with Gasteiger partial charge in [0, 0.05) is 34.8 Å². The molecular formula is C23H18ClN3O4. The molecule has 1 aliphatic heterocycles. The van der Waals surface area contributed by atoms with Crippen molar-refractivity contribution in [3.63, 3.8) is 0 Å². The number of nitrogens with zero attached hydrogens (tertiary/aromatic N) is 1. The van der Waals surface area contributed by atoms with Crippen LogP contribution in [0.3, 0.4) is 0 Å². The van der Waals surface area contributed by atoms with E-state index in [1.165, 1.54) is 11.7 Å². The number of halogens is 1. The Kier molecular flexibility index (Phi) is 4.64. The molecule has 0 amide bonds. The van der Waals surface area contributed by atoms with Crippen molar-refractivity contribution in [1.29, 1.82) is 0 Å². The van der Waals surface area contributed by atoms with Gasteiger partial charge in [0.2, 0.25) is 0 Å². The molecule has 0 spiro atoms. The number of hydrogen-bond acceptors (Lipinski definition) is 5. The first kappa shape index (κ1) is 19.5. The molecule has 2 aromatic carbocycles. The first-order valence-corrected chi connectivity index (χ1v) is 10.2. The van der Waals surface area contributed by atoms with Crippen LogP contribution in [0.15, 0.2) is 63.7 Å². The number of hydrogen-bond donors (Lipinski definition) is 2. The van der Waals surface area contributed by atoms with Gasteiger partial charge in [-0.25, -0.2) is 4.79 Å². The highest BCUT2D eigenvalue weighted by Gasteiger charge is 2.42. The minimum Gasteiger partial charge on any atom is -0.383 e.